The lowest BCUT2D eigenvalue weighted by atomic mass is 10.1. The number of esters is 1. The van der Waals surface area contributed by atoms with Gasteiger partial charge in [0.25, 0.3) is 0 Å². The van der Waals surface area contributed by atoms with Gasteiger partial charge >= 0.3 is 5.97 Å². The number of nitrogens with zero attached hydrogens (tertiary/aromatic N) is 2. The Kier molecular flexibility index (Phi) is 6.76. The molecule has 0 spiro atoms. The summed E-state index contributed by atoms with van der Waals surface area (Å²) >= 11 is 6.14. The summed E-state index contributed by atoms with van der Waals surface area (Å²) < 4.78 is 10.1. The normalized spacial score (nSPS) is 16.6. The van der Waals surface area contributed by atoms with E-state index in [0.29, 0.717) is 21.6 Å². The summed E-state index contributed by atoms with van der Waals surface area (Å²) in [7, 11) is 2.95. The van der Waals surface area contributed by atoms with Crippen LogP contribution in [-0.2, 0) is 9.53 Å². The Balaban J connectivity index is 1.44. The molecule has 1 aliphatic heterocycles. The standard InChI is InChI=1S/C24H27ClN4O4/c1-15-13-28(10-11-29(15)17-5-7-18(32-2)8-6-17)14-21(30)27-22-19-12-16(25)4-9-20(19)26-23(22)24(31)33-3/h4-9,12,15,26H,10-11,13-14H2,1-3H3,(H,27,30)/t15-/m0/s1. The number of methoxy groups -OCH3 is 2. The molecule has 0 radical (unpaired) electrons. The molecule has 1 saturated heterocycles. The molecule has 1 aliphatic rings. The van der Waals surface area contributed by atoms with Gasteiger partial charge in [-0.25, -0.2) is 4.79 Å². The fourth-order valence-electron chi connectivity index (χ4n) is 4.27. The van der Waals surface area contributed by atoms with Gasteiger partial charge in [-0.15, -0.1) is 0 Å². The molecule has 8 nitrogen and oxygen atoms in total. The Hall–Kier alpha value is -3.23. The molecule has 1 aromatic heterocycles. The third kappa shape index (κ3) is 4.91. The van der Waals surface area contributed by atoms with E-state index in [0.717, 1.165) is 31.1 Å². The number of ether oxygens (including phenoxy) is 2. The summed E-state index contributed by atoms with van der Waals surface area (Å²) in [5.41, 5.74) is 2.40. The van der Waals surface area contributed by atoms with E-state index in [4.69, 9.17) is 21.1 Å². The summed E-state index contributed by atoms with van der Waals surface area (Å²) in [5, 5.41) is 4.07. The number of anilines is 2. The Morgan fingerprint density at radius 3 is 2.58 bits per heavy atom. The lowest BCUT2D eigenvalue weighted by molar-refractivity contribution is -0.117. The van der Waals surface area contributed by atoms with Crippen LogP contribution in [0.5, 0.6) is 5.75 Å². The summed E-state index contributed by atoms with van der Waals surface area (Å²) in [4.78, 5) is 32.6. The molecule has 0 bridgehead atoms. The second-order valence-corrected chi connectivity index (χ2v) is 8.52. The summed E-state index contributed by atoms with van der Waals surface area (Å²) in [6.45, 7) is 4.65. The molecule has 2 heterocycles. The van der Waals surface area contributed by atoms with Crippen molar-refractivity contribution >= 4 is 45.8 Å². The van der Waals surface area contributed by atoms with Crippen molar-refractivity contribution in [1.82, 2.24) is 9.88 Å². The van der Waals surface area contributed by atoms with E-state index in [-0.39, 0.29) is 24.2 Å². The van der Waals surface area contributed by atoms with Crippen LogP contribution in [-0.4, -0.2) is 68.2 Å². The Morgan fingerprint density at radius 1 is 1.15 bits per heavy atom. The van der Waals surface area contributed by atoms with Gasteiger partial charge in [-0.3, -0.25) is 9.69 Å². The van der Waals surface area contributed by atoms with Gasteiger partial charge in [-0.2, -0.15) is 0 Å². The first-order valence-corrected chi connectivity index (χ1v) is 11.1. The number of benzene rings is 2. The number of carbonyl (C=O) groups is 2. The summed E-state index contributed by atoms with van der Waals surface area (Å²) in [6.07, 6.45) is 0. The average Bonchev–Trinajstić information content (AvgIpc) is 3.16. The van der Waals surface area contributed by atoms with E-state index < -0.39 is 5.97 Å². The monoisotopic (exact) mass is 470 g/mol. The van der Waals surface area contributed by atoms with Gasteiger partial charge in [0.15, 0.2) is 0 Å². The number of H-pyrrole nitrogens is 1. The predicted molar refractivity (Wildman–Crippen MR) is 130 cm³/mol. The largest absolute Gasteiger partial charge is 0.497 e. The molecule has 174 valence electrons. The highest BCUT2D eigenvalue weighted by atomic mass is 35.5. The van der Waals surface area contributed by atoms with E-state index in [2.05, 4.69) is 27.0 Å². The lowest BCUT2D eigenvalue weighted by Crippen LogP contribution is -2.53. The molecule has 1 atom stereocenters. The van der Waals surface area contributed by atoms with Crippen molar-refractivity contribution in [3.05, 3.63) is 53.2 Å². The fourth-order valence-corrected chi connectivity index (χ4v) is 4.44. The quantitative estimate of drug-likeness (QED) is 0.533. The van der Waals surface area contributed by atoms with Gasteiger partial charge in [0.05, 0.1) is 26.5 Å². The average molecular weight is 471 g/mol. The third-order valence-electron chi connectivity index (χ3n) is 5.90. The molecule has 1 fully saturated rings. The SMILES string of the molecule is COC(=O)c1[nH]c2ccc(Cl)cc2c1NC(=O)CN1CCN(c2ccc(OC)cc2)[C@@H](C)C1. The van der Waals surface area contributed by atoms with Crippen molar-refractivity contribution in [2.45, 2.75) is 13.0 Å². The van der Waals surface area contributed by atoms with Crippen LogP contribution >= 0.6 is 11.6 Å². The van der Waals surface area contributed by atoms with Crippen LogP contribution in [0.1, 0.15) is 17.4 Å². The minimum atomic E-state index is -0.556. The third-order valence-corrected chi connectivity index (χ3v) is 6.13. The Morgan fingerprint density at radius 2 is 1.91 bits per heavy atom. The van der Waals surface area contributed by atoms with E-state index in [1.165, 1.54) is 7.11 Å². The number of fused-ring (bicyclic) bond motifs is 1. The number of amides is 1. The van der Waals surface area contributed by atoms with Gasteiger partial charge in [0.2, 0.25) is 5.91 Å². The molecule has 9 heteroatoms. The highest BCUT2D eigenvalue weighted by molar-refractivity contribution is 6.31. The summed E-state index contributed by atoms with van der Waals surface area (Å²) in [5.74, 6) is 0.0667. The topological polar surface area (TPSA) is 86.9 Å². The van der Waals surface area contributed by atoms with E-state index in [1.807, 2.05) is 24.3 Å². The maximum absolute atomic E-state index is 12.9. The number of hydrogen-bond donors (Lipinski definition) is 2. The van der Waals surface area contributed by atoms with Gasteiger partial charge in [-0.1, -0.05) is 11.6 Å². The first kappa shape index (κ1) is 22.9. The maximum atomic E-state index is 12.9. The highest BCUT2D eigenvalue weighted by Crippen LogP contribution is 2.31. The van der Waals surface area contributed by atoms with Crippen molar-refractivity contribution in [2.24, 2.45) is 0 Å². The minimum absolute atomic E-state index is 0.195. The number of nitrogens with one attached hydrogen (secondary N) is 2. The molecule has 0 aliphatic carbocycles. The molecule has 33 heavy (non-hydrogen) atoms. The second-order valence-electron chi connectivity index (χ2n) is 8.08. The molecule has 0 saturated carbocycles. The molecule has 2 aromatic carbocycles. The molecule has 0 unspecified atom stereocenters. The van der Waals surface area contributed by atoms with Crippen molar-refractivity contribution in [1.29, 1.82) is 0 Å². The van der Waals surface area contributed by atoms with Crippen molar-refractivity contribution in [3.63, 3.8) is 0 Å². The van der Waals surface area contributed by atoms with Crippen LogP contribution in [0.2, 0.25) is 5.02 Å². The predicted octanol–water partition coefficient (Wildman–Crippen LogP) is 3.77. The smallest absolute Gasteiger partial charge is 0.356 e. The highest BCUT2D eigenvalue weighted by Gasteiger charge is 2.26. The van der Waals surface area contributed by atoms with Crippen LogP contribution < -0.4 is 15.0 Å². The van der Waals surface area contributed by atoms with Crippen LogP contribution in [0.15, 0.2) is 42.5 Å². The van der Waals surface area contributed by atoms with E-state index >= 15 is 0 Å². The molecule has 1 amide bonds. The lowest BCUT2D eigenvalue weighted by Gasteiger charge is -2.41. The second kappa shape index (κ2) is 9.72. The van der Waals surface area contributed by atoms with Crippen LogP contribution in [0.4, 0.5) is 11.4 Å². The fraction of sp³-hybridized carbons (Fsp3) is 0.333. The van der Waals surface area contributed by atoms with Crippen LogP contribution in [0.3, 0.4) is 0 Å². The van der Waals surface area contributed by atoms with Gasteiger partial charge in [0.1, 0.15) is 11.4 Å². The zero-order chi connectivity index (χ0) is 23.5. The first-order chi connectivity index (χ1) is 15.9. The van der Waals surface area contributed by atoms with Crippen LogP contribution in [0, 0.1) is 0 Å². The Bertz CT molecular complexity index is 1160. The zero-order valence-electron chi connectivity index (χ0n) is 18.9. The number of aromatic amines is 1. The molecule has 2 N–H and O–H groups in total. The zero-order valence-corrected chi connectivity index (χ0v) is 19.6. The van der Waals surface area contributed by atoms with Crippen molar-refractivity contribution < 1.29 is 19.1 Å². The molecular formula is C24H27ClN4O4. The van der Waals surface area contributed by atoms with E-state index in [1.54, 1.807) is 25.3 Å². The number of carbonyl (C=O) groups excluding carboxylic acids is 2. The molecule has 4 rings (SSSR count). The van der Waals surface area contributed by atoms with Gasteiger partial charge in [-0.05, 0) is 49.4 Å². The van der Waals surface area contributed by atoms with Crippen molar-refractivity contribution in [2.75, 3.05) is 50.6 Å². The number of hydrogen-bond acceptors (Lipinski definition) is 6. The Labute approximate surface area is 197 Å². The number of halogens is 1. The minimum Gasteiger partial charge on any atom is -0.497 e. The molecule has 3 aromatic rings. The number of aromatic nitrogens is 1. The van der Waals surface area contributed by atoms with E-state index in [9.17, 15) is 9.59 Å². The number of piperazine rings is 1. The van der Waals surface area contributed by atoms with Crippen LogP contribution in [0.25, 0.3) is 10.9 Å². The first-order valence-electron chi connectivity index (χ1n) is 10.7. The van der Waals surface area contributed by atoms with Crippen molar-refractivity contribution in [3.8, 4) is 5.75 Å². The van der Waals surface area contributed by atoms with Gasteiger partial charge < -0.3 is 24.7 Å². The molecular weight excluding hydrogens is 444 g/mol. The summed E-state index contributed by atoms with van der Waals surface area (Å²) in [6, 6.07) is 13.4. The number of rotatable bonds is 6. The maximum Gasteiger partial charge on any atom is 0.356 e. The van der Waals surface area contributed by atoms with Gasteiger partial charge in [0, 0.05) is 47.3 Å².